The summed E-state index contributed by atoms with van der Waals surface area (Å²) in [7, 11) is 0. The van der Waals surface area contributed by atoms with Crippen molar-refractivity contribution in [1.82, 2.24) is 29.5 Å². The van der Waals surface area contributed by atoms with E-state index in [2.05, 4.69) is 26.1 Å². The van der Waals surface area contributed by atoms with Gasteiger partial charge in [-0.3, -0.25) is 24.3 Å². The van der Waals surface area contributed by atoms with Gasteiger partial charge in [-0.05, 0) is 42.2 Å². The quantitative estimate of drug-likeness (QED) is 0.650. The zero-order chi connectivity index (χ0) is 19.5. The number of rotatable bonds is 5. The first-order valence-electron chi connectivity index (χ1n) is 9.24. The number of carbonyl (C=O) groups is 1. The normalized spacial score (nSPS) is 16.2. The summed E-state index contributed by atoms with van der Waals surface area (Å²) in [5, 5.41) is 9.16. The highest BCUT2D eigenvalue weighted by Crippen LogP contribution is 2.26. The third-order valence-corrected chi connectivity index (χ3v) is 6.16. The van der Waals surface area contributed by atoms with E-state index in [1.165, 1.54) is 5.56 Å². The second-order valence-corrected chi connectivity index (χ2v) is 8.17. The molecule has 0 spiro atoms. The molecule has 0 aromatic carbocycles. The van der Waals surface area contributed by atoms with Gasteiger partial charge in [-0.15, -0.1) is 11.3 Å². The van der Waals surface area contributed by atoms with E-state index < -0.39 is 6.04 Å². The molecule has 3 aromatic heterocycles. The van der Waals surface area contributed by atoms with Crippen molar-refractivity contribution >= 4 is 29.5 Å². The number of hydrogen-bond donors (Lipinski definition) is 1. The molecular weight excluding hydrogens is 392 g/mol. The number of hydrogen-bond acceptors (Lipinski definition) is 6. The van der Waals surface area contributed by atoms with Crippen LogP contribution < -0.4 is 0 Å². The minimum absolute atomic E-state index is 0.0799. The monoisotopic (exact) mass is 414 g/mol. The lowest BCUT2D eigenvalue weighted by atomic mass is 10.2. The molecule has 0 radical (unpaired) electrons. The summed E-state index contributed by atoms with van der Waals surface area (Å²) in [6.07, 6.45) is 3.68. The number of aromatic nitrogens is 4. The molecule has 3 aromatic rings. The van der Waals surface area contributed by atoms with Crippen LogP contribution >= 0.6 is 23.6 Å². The van der Waals surface area contributed by atoms with Crippen LogP contribution in [-0.4, -0.2) is 61.6 Å². The van der Waals surface area contributed by atoms with Crippen LogP contribution in [0.5, 0.6) is 0 Å². The van der Waals surface area contributed by atoms with E-state index in [1.807, 2.05) is 46.2 Å². The van der Waals surface area contributed by atoms with Crippen LogP contribution in [0.3, 0.4) is 0 Å². The smallest absolute Gasteiger partial charge is 0.245 e. The standard InChI is InChI=1S/C19H22N6OS2/c1-14(25-17(21-22-19(25)27)16-5-3-11-28-16)18(26)24-9-7-23(8-10-24)13-15-4-2-6-20-12-15/h2-6,11-12,14H,7-10,13H2,1H3,(H,22,27). The molecule has 4 rings (SSSR count). The lowest BCUT2D eigenvalue weighted by Gasteiger charge is -2.36. The summed E-state index contributed by atoms with van der Waals surface area (Å²) in [5.41, 5.74) is 1.20. The highest BCUT2D eigenvalue weighted by Gasteiger charge is 2.28. The van der Waals surface area contributed by atoms with E-state index in [0.29, 0.717) is 17.9 Å². The van der Waals surface area contributed by atoms with Gasteiger partial charge in [0, 0.05) is 45.1 Å². The maximum atomic E-state index is 13.1. The Balaban J connectivity index is 1.42. The Hall–Kier alpha value is -2.36. The van der Waals surface area contributed by atoms with E-state index >= 15 is 0 Å². The number of piperazine rings is 1. The number of H-pyrrole nitrogens is 1. The van der Waals surface area contributed by atoms with Crippen LogP contribution in [-0.2, 0) is 11.3 Å². The van der Waals surface area contributed by atoms with Crippen LogP contribution in [0.1, 0.15) is 18.5 Å². The number of nitrogens with one attached hydrogen (secondary N) is 1. The largest absolute Gasteiger partial charge is 0.338 e. The third kappa shape index (κ3) is 3.91. The second-order valence-electron chi connectivity index (χ2n) is 6.84. The Bertz CT molecular complexity index is 974. The van der Waals surface area contributed by atoms with Crippen LogP contribution in [0.4, 0.5) is 0 Å². The highest BCUT2D eigenvalue weighted by molar-refractivity contribution is 7.71. The van der Waals surface area contributed by atoms with Gasteiger partial charge in [-0.25, -0.2) is 0 Å². The Morgan fingerprint density at radius 1 is 1.29 bits per heavy atom. The predicted octanol–water partition coefficient (Wildman–Crippen LogP) is 2.97. The molecule has 7 nitrogen and oxygen atoms in total. The topological polar surface area (TPSA) is 70.1 Å². The van der Waals surface area contributed by atoms with Crippen molar-refractivity contribution in [3.05, 3.63) is 52.4 Å². The molecule has 0 bridgehead atoms. The van der Waals surface area contributed by atoms with Gasteiger partial charge in [0.05, 0.1) is 4.88 Å². The van der Waals surface area contributed by atoms with Crippen LogP contribution in [0.2, 0.25) is 0 Å². The van der Waals surface area contributed by atoms with Crippen molar-refractivity contribution in [3.63, 3.8) is 0 Å². The van der Waals surface area contributed by atoms with Crippen molar-refractivity contribution in [2.75, 3.05) is 26.2 Å². The van der Waals surface area contributed by atoms with Gasteiger partial charge in [0.25, 0.3) is 0 Å². The van der Waals surface area contributed by atoms with Crippen molar-refractivity contribution in [3.8, 4) is 10.7 Å². The summed E-state index contributed by atoms with van der Waals surface area (Å²) >= 11 is 6.98. The average Bonchev–Trinajstić information content (AvgIpc) is 3.38. The molecule has 0 aliphatic carbocycles. The maximum absolute atomic E-state index is 13.1. The molecule has 1 fully saturated rings. The van der Waals surface area contributed by atoms with Crippen LogP contribution in [0.15, 0.2) is 42.0 Å². The van der Waals surface area contributed by atoms with E-state index in [9.17, 15) is 4.79 Å². The third-order valence-electron chi connectivity index (χ3n) is 5.00. The van der Waals surface area contributed by atoms with Crippen molar-refractivity contribution in [2.45, 2.75) is 19.5 Å². The van der Waals surface area contributed by atoms with E-state index in [0.717, 1.165) is 30.3 Å². The lowest BCUT2D eigenvalue weighted by Crippen LogP contribution is -2.50. The van der Waals surface area contributed by atoms with Crippen molar-refractivity contribution in [2.24, 2.45) is 0 Å². The minimum Gasteiger partial charge on any atom is -0.338 e. The zero-order valence-electron chi connectivity index (χ0n) is 15.6. The van der Waals surface area contributed by atoms with Crippen molar-refractivity contribution in [1.29, 1.82) is 0 Å². The van der Waals surface area contributed by atoms with Crippen LogP contribution in [0, 0.1) is 4.77 Å². The Kier molecular flexibility index (Phi) is 5.65. The number of nitrogens with zero attached hydrogens (tertiary/aromatic N) is 5. The van der Waals surface area contributed by atoms with Gasteiger partial charge in [0.2, 0.25) is 5.91 Å². The Morgan fingerprint density at radius 2 is 2.11 bits per heavy atom. The minimum atomic E-state index is -0.395. The first kappa shape index (κ1) is 19.0. The second kappa shape index (κ2) is 8.34. The SMILES string of the molecule is CC(C(=O)N1CCN(Cc2cccnc2)CC1)n1c(-c2cccs2)n[nH]c1=S. The molecule has 1 aliphatic heterocycles. The molecule has 28 heavy (non-hydrogen) atoms. The molecule has 0 saturated carbocycles. The zero-order valence-corrected chi connectivity index (χ0v) is 17.2. The van der Waals surface area contributed by atoms with Gasteiger partial charge in [-0.1, -0.05) is 12.1 Å². The van der Waals surface area contributed by atoms with Gasteiger partial charge >= 0.3 is 0 Å². The average molecular weight is 415 g/mol. The molecular formula is C19H22N6OS2. The molecule has 9 heteroatoms. The molecule has 1 amide bonds. The maximum Gasteiger partial charge on any atom is 0.245 e. The summed E-state index contributed by atoms with van der Waals surface area (Å²) in [4.78, 5) is 22.6. The highest BCUT2D eigenvalue weighted by atomic mass is 32.1. The van der Waals surface area contributed by atoms with Crippen LogP contribution in [0.25, 0.3) is 10.7 Å². The fourth-order valence-electron chi connectivity index (χ4n) is 3.49. The lowest BCUT2D eigenvalue weighted by molar-refractivity contribution is -0.136. The summed E-state index contributed by atoms with van der Waals surface area (Å²) in [5.74, 6) is 0.799. The van der Waals surface area contributed by atoms with Gasteiger partial charge in [-0.2, -0.15) is 5.10 Å². The first-order chi connectivity index (χ1) is 13.6. The summed E-state index contributed by atoms with van der Waals surface area (Å²) in [6.45, 7) is 5.88. The number of aromatic amines is 1. The van der Waals surface area contributed by atoms with Gasteiger partial charge < -0.3 is 4.90 Å². The Morgan fingerprint density at radius 3 is 2.79 bits per heavy atom. The molecule has 4 heterocycles. The molecule has 1 unspecified atom stereocenters. The fraction of sp³-hybridized carbons (Fsp3) is 0.368. The van der Waals surface area contributed by atoms with E-state index in [4.69, 9.17) is 12.2 Å². The molecule has 1 atom stereocenters. The molecule has 1 saturated heterocycles. The Labute approximate surface area is 172 Å². The fourth-order valence-corrected chi connectivity index (χ4v) is 4.49. The molecule has 1 aliphatic rings. The van der Waals surface area contributed by atoms with Crippen molar-refractivity contribution < 1.29 is 4.79 Å². The van der Waals surface area contributed by atoms with Gasteiger partial charge in [0.15, 0.2) is 10.6 Å². The van der Waals surface area contributed by atoms with Gasteiger partial charge in [0.1, 0.15) is 6.04 Å². The number of pyridine rings is 1. The summed E-state index contributed by atoms with van der Waals surface area (Å²) < 4.78 is 2.30. The predicted molar refractivity (Wildman–Crippen MR) is 112 cm³/mol. The number of amides is 1. The number of carbonyl (C=O) groups excluding carboxylic acids is 1. The number of thiophene rings is 1. The summed E-state index contributed by atoms with van der Waals surface area (Å²) in [6, 6.07) is 7.60. The molecule has 1 N–H and O–H groups in total. The first-order valence-corrected chi connectivity index (χ1v) is 10.5. The van der Waals surface area contributed by atoms with E-state index in [-0.39, 0.29) is 5.91 Å². The van der Waals surface area contributed by atoms with E-state index in [1.54, 1.807) is 17.5 Å². The molecule has 146 valence electrons.